The quantitative estimate of drug-likeness (QED) is 0.282. The standard InChI is InChI=1S/C21H9ClF3N3/c22-11-5-7-15-13(8-11)20-27-16-3-1-2-10-4-6-12-14(21(23,24)25)9-17(26-15)28(20)19(12)18(10)16/h1-9H. The summed E-state index contributed by atoms with van der Waals surface area (Å²) < 4.78 is 41.5. The fraction of sp³-hybridized carbons (Fsp3) is 0.0476. The molecule has 0 bridgehead atoms. The van der Waals surface area contributed by atoms with Crippen LogP contribution in [0.1, 0.15) is 5.56 Å². The van der Waals surface area contributed by atoms with Crippen LogP contribution in [0, 0.1) is 0 Å². The topological polar surface area (TPSA) is 29.0 Å². The Morgan fingerprint density at radius 1 is 0.857 bits per heavy atom. The number of aromatic nitrogens is 2. The van der Waals surface area contributed by atoms with E-state index in [0.717, 1.165) is 11.5 Å². The number of fused-ring (bicyclic) bond motifs is 2. The second-order valence-corrected chi connectivity index (χ2v) is 7.23. The molecular formula is C21H9ClF3N3. The summed E-state index contributed by atoms with van der Waals surface area (Å²) in [4.78, 5) is 11.0. The van der Waals surface area contributed by atoms with Gasteiger partial charge in [0.25, 0.3) is 0 Å². The van der Waals surface area contributed by atoms with Crippen LogP contribution in [0.3, 0.4) is 0 Å². The van der Waals surface area contributed by atoms with Crippen LogP contribution in [0.5, 0.6) is 0 Å². The Bertz CT molecular complexity index is 1430. The van der Waals surface area contributed by atoms with Crippen LogP contribution in [-0.4, -0.2) is 9.97 Å². The van der Waals surface area contributed by atoms with Crippen LogP contribution in [0.2, 0.25) is 5.02 Å². The minimum Gasteiger partial charge on any atom is -0.277 e. The number of hydrogen-bond donors (Lipinski definition) is 0. The van der Waals surface area contributed by atoms with Crippen LogP contribution in [-0.2, 0) is 6.18 Å². The van der Waals surface area contributed by atoms with Crippen molar-refractivity contribution in [1.82, 2.24) is 9.97 Å². The number of benzene rings is 3. The first kappa shape index (κ1) is 15.9. The van der Waals surface area contributed by atoms with Gasteiger partial charge in [-0.2, -0.15) is 13.2 Å². The normalized spacial score (nSPS) is 13.6. The predicted octanol–water partition coefficient (Wildman–Crippen LogP) is 6.83. The van der Waals surface area contributed by atoms with E-state index in [-0.39, 0.29) is 11.2 Å². The van der Waals surface area contributed by atoms with Gasteiger partial charge in [0, 0.05) is 21.2 Å². The van der Waals surface area contributed by atoms with Gasteiger partial charge in [-0.1, -0.05) is 35.9 Å². The van der Waals surface area contributed by atoms with Gasteiger partial charge in [0.1, 0.15) is 11.6 Å². The van der Waals surface area contributed by atoms with Crippen molar-refractivity contribution in [2.24, 2.45) is 0 Å². The third kappa shape index (κ3) is 1.95. The molecular weight excluding hydrogens is 387 g/mol. The Balaban J connectivity index is 1.95. The second kappa shape index (κ2) is 5.02. The third-order valence-corrected chi connectivity index (χ3v) is 5.43. The Hall–Kier alpha value is -3.12. The number of rotatable bonds is 0. The van der Waals surface area contributed by atoms with Gasteiger partial charge in [-0.15, -0.1) is 0 Å². The predicted molar refractivity (Wildman–Crippen MR) is 104 cm³/mol. The molecule has 6 rings (SSSR count). The van der Waals surface area contributed by atoms with E-state index in [1.807, 2.05) is 18.2 Å². The zero-order chi connectivity index (χ0) is 19.2. The van der Waals surface area contributed by atoms with Gasteiger partial charge in [-0.05, 0) is 35.7 Å². The molecule has 28 heavy (non-hydrogen) atoms. The fourth-order valence-corrected chi connectivity index (χ4v) is 4.23. The van der Waals surface area contributed by atoms with Crippen molar-refractivity contribution in [2.45, 2.75) is 6.18 Å². The van der Waals surface area contributed by atoms with Gasteiger partial charge >= 0.3 is 6.18 Å². The number of hydrogen-bond acceptors (Lipinski definition) is 3. The smallest absolute Gasteiger partial charge is 0.277 e. The van der Waals surface area contributed by atoms with E-state index in [2.05, 4.69) is 4.98 Å². The molecule has 0 unspecified atom stereocenters. The van der Waals surface area contributed by atoms with Crippen molar-refractivity contribution < 1.29 is 13.2 Å². The molecule has 136 valence electrons. The Labute approximate surface area is 161 Å². The SMILES string of the molecule is FC(F)(F)c1cc2nc3ccc(Cl)cc3c3nc4cccc5ccc1c(c54)N23. The van der Waals surface area contributed by atoms with Crippen molar-refractivity contribution in [3.05, 3.63) is 65.2 Å². The van der Waals surface area contributed by atoms with Crippen LogP contribution in [0.4, 0.5) is 30.5 Å². The van der Waals surface area contributed by atoms with E-state index >= 15 is 0 Å². The molecule has 0 amide bonds. The molecule has 0 N–H and O–H groups in total. The average Bonchev–Trinajstić information content (AvgIpc) is 2.66. The maximum atomic E-state index is 13.8. The van der Waals surface area contributed by atoms with Gasteiger partial charge in [-0.3, -0.25) is 4.90 Å². The van der Waals surface area contributed by atoms with Crippen LogP contribution in [0.15, 0.2) is 54.6 Å². The first-order valence-electron chi connectivity index (χ1n) is 8.54. The monoisotopic (exact) mass is 395 g/mol. The second-order valence-electron chi connectivity index (χ2n) is 6.80. The molecule has 0 aliphatic carbocycles. The summed E-state index contributed by atoms with van der Waals surface area (Å²) in [5.74, 6) is 0.739. The van der Waals surface area contributed by atoms with Gasteiger partial charge in [0.2, 0.25) is 0 Å². The lowest BCUT2D eigenvalue weighted by atomic mass is 9.96. The molecule has 0 fully saturated rings. The van der Waals surface area contributed by atoms with Crippen molar-refractivity contribution in [2.75, 3.05) is 4.90 Å². The lowest BCUT2D eigenvalue weighted by Gasteiger charge is -2.33. The minimum absolute atomic E-state index is 0.129. The van der Waals surface area contributed by atoms with Crippen molar-refractivity contribution >= 4 is 61.5 Å². The molecule has 3 aromatic rings. The highest BCUT2D eigenvalue weighted by Crippen LogP contribution is 2.52. The average molecular weight is 396 g/mol. The van der Waals surface area contributed by atoms with Gasteiger partial charge in [0.05, 0.1) is 22.3 Å². The highest BCUT2D eigenvalue weighted by Gasteiger charge is 2.39. The van der Waals surface area contributed by atoms with Crippen molar-refractivity contribution in [3.63, 3.8) is 0 Å². The fourth-order valence-electron chi connectivity index (χ4n) is 4.05. The summed E-state index contributed by atoms with van der Waals surface area (Å²) in [6.45, 7) is 0. The summed E-state index contributed by atoms with van der Waals surface area (Å²) in [5.41, 5.74) is 0.948. The highest BCUT2D eigenvalue weighted by molar-refractivity contribution is 6.31. The summed E-state index contributed by atoms with van der Waals surface area (Å²) in [6, 6.07) is 15.0. The zero-order valence-electron chi connectivity index (χ0n) is 14.0. The highest BCUT2D eigenvalue weighted by atomic mass is 35.5. The number of anilines is 3. The largest absolute Gasteiger partial charge is 0.417 e. The van der Waals surface area contributed by atoms with E-state index in [1.165, 1.54) is 6.07 Å². The Morgan fingerprint density at radius 2 is 1.71 bits per heavy atom. The van der Waals surface area contributed by atoms with E-state index in [0.29, 0.717) is 38.3 Å². The molecule has 0 radical (unpaired) electrons. The van der Waals surface area contributed by atoms with Gasteiger partial charge in [0.15, 0.2) is 0 Å². The van der Waals surface area contributed by atoms with Crippen LogP contribution in [0.25, 0.3) is 32.6 Å². The minimum atomic E-state index is -4.50. The molecule has 3 nitrogen and oxygen atoms in total. The molecule has 3 heterocycles. The summed E-state index contributed by atoms with van der Waals surface area (Å²) in [5, 5.41) is 2.86. The third-order valence-electron chi connectivity index (χ3n) is 5.19. The molecule has 3 aromatic carbocycles. The van der Waals surface area contributed by atoms with E-state index in [1.54, 1.807) is 29.2 Å². The Morgan fingerprint density at radius 3 is 2.54 bits per heavy atom. The maximum absolute atomic E-state index is 13.8. The first-order valence-corrected chi connectivity index (χ1v) is 8.92. The van der Waals surface area contributed by atoms with Crippen molar-refractivity contribution in [3.8, 4) is 0 Å². The summed E-state index contributed by atoms with van der Waals surface area (Å²) >= 11 is 6.17. The molecule has 7 heteroatoms. The van der Waals surface area contributed by atoms with E-state index in [4.69, 9.17) is 16.6 Å². The van der Waals surface area contributed by atoms with E-state index in [9.17, 15) is 13.2 Å². The molecule has 0 saturated heterocycles. The lowest BCUT2D eigenvalue weighted by molar-refractivity contribution is -0.136. The number of alkyl halides is 3. The zero-order valence-corrected chi connectivity index (χ0v) is 14.8. The molecule has 0 atom stereocenters. The summed E-state index contributed by atoms with van der Waals surface area (Å²) in [7, 11) is 0. The molecule has 0 spiro atoms. The van der Waals surface area contributed by atoms with Crippen LogP contribution < -0.4 is 4.90 Å². The summed E-state index contributed by atoms with van der Waals surface area (Å²) in [6.07, 6.45) is -4.50. The van der Waals surface area contributed by atoms with Crippen molar-refractivity contribution in [1.29, 1.82) is 0 Å². The van der Waals surface area contributed by atoms with Gasteiger partial charge in [-0.25, -0.2) is 9.97 Å². The van der Waals surface area contributed by atoms with Crippen LogP contribution >= 0.6 is 11.6 Å². The molecule has 3 aliphatic heterocycles. The Kier molecular flexibility index (Phi) is 2.85. The molecule has 0 saturated carbocycles. The lowest BCUT2D eigenvalue weighted by Crippen LogP contribution is -2.22. The maximum Gasteiger partial charge on any atom is 0.417 e. The van der Waals surface area contributed by atoms with E-state index < -0.39 is 11.7 Å². The van der Waals surface area contributed by atoms with Gasteiger partial charge < -0.3 is 0 Å². The molecule has 3 aliphatic rings. The number of nitrogens with zero attached hydrogens (tertiary/aromatic N) is 3. The number of halogens is 4. The first-order chi connectivity index (χ1) is 13.4. The molecule has 0 aromatic heterocycles.